The topological polar surface area (TPSA) is 92.2 Å². The molecular formula is C21H18N4O3. The van der Waals surface area contributed by atoms with Crippen LogP contribution < -0.4 is 4.74 Å². The maximum Gasteiger partial charge on any atom is 0.257 e. The summed E-state index contributed by atoms with van der Waals surface area (Å²) in [5.74, 6) is 1.69. The molecule has 1 aliphatic heterocycles. The molecule has 2 heterocycles. The highest BCUT2D eigenvalue weighted by Gasteiger charge is 2.33. The van der Waals surface area contributed by atoms with Crippen molar-refractivity contribution in [3.63, 3.8) is 0 Å². The second kappa shape index (κ2) is 7.53. The number of likely N-dealkylation sites (tertiary alicyclic amines) is 1. The van der Waals surface area contributed by atoms with Crippen molar-refractivity contribution in [3.8, 4) is 23.3 Å². The Hall–Kier alpha value is -3.66. The molecule has 0 spiro atoms. The first kappa shape index (κ1) is 17.7. The summed E-state index contributed by atoms with van der Waals surface area (Å²) in [5, 5.41) is 13.0. The number of methoxy groups -OCH3 is 1. The van der Waals surface area contributed by atoms with Gasteiger partial charge in [0.15, 0.2) is 5.82 Å². The van der Waals surface area contributed by atoms with Crippen molar-refractivity contribution < 1.29 is 14.1 Å². The van der Waals surface area contributed by atoms with Gasteiger partial charge in [-0.1, -0.05) is 17.3 Å². The first-order valence-electron chi connectivity index (χ1n) is 8.91. The van der Waals surface area contributed by atoms with Crippen LogP contribution in [0.4, 0.5) is 0 Å². The third-order valence-electron chi connectivity index (χ3n) is 4.81. The van der Waals surface area contributed by atoms with Crippen LogP contribution in [0.15, 0.2) is 53.1 Å². The molecule has 0 radical (unpaired) electrons. The van der Waals surface area contributed by atoms with Gasteiger partial charge in [0.25, 0.3) is 5.89 Å². The van der Waals surface area contributed by atoms with Crippen LogP contribution in [0.1, 0.15) is 29.3 Å². The van der Waals surface area contributed by atoms with Gasteiger partial charge in [-0.05, 0) is 42.0 Å². The number of hydrogen-bond acceptors (Lipinski definition) is 6. The summed E-state index contributed by atoms with van der Waals surface area (Å²) in [5.41, 5.74) is 2.36. The average molecular weight is 374 g/mol. The van der Waals surface area contributed by atoms with E-state index in [4.69, 9.17) is 14.5 Å². The lowest BCUT2D eigenvalue weighted by molar-refractivity contribution is -0.128. The molecule has 0 N–H and O–H groups in total. The summed E-state index contributed by atoms with van der Waals surface area (Å²) in [6.07, 6.45) is 0.364. The van der Waals surface area contributed by atoms with Gasteiger partial charge < -0.3 is 14.2 Å². The second-order valence-corrected chi connectivity index (χ2v) is 6.67. The Morgan fingerprint density at radius 3 is 2.64 bits per heavy atom. The van der Waals surface area contributed by atoms with Gasteiger partial charge in [-0.25, -0.2) is 0 Å². The predicted octanol–water partition coefficient (Wildman–Crippen LogP) is 3.13. The van der Waals surface area contributed by atoms with E-state index < -0.39 is 0 Å². The second-order valence-electron chi connectivity index (χ2n) is 6.67. The fourth-order valence-electron chi connectivity index (χ4n) is 3.25. The highest BCUT2D eigenvalue weighted by Crippen LogP contribution is 2.29. The average Bonchev–Trinajstić information content (AvgIpc) is 3.36. The SMILES string of the molecule is COc1ccc(CN2CC(c3noc(-c4ccc(C#N)cc4)n3)CC2=O)cc1. The monoisotopic (exact) mass is 374 g/mol. The highest BCUT2D eigenvalue weighted by molar-refractivity contribution is 5.79. The lowest BCUT2D eigenvalue weighted by atomic mass is 10.1. The molecule has 1 aliphatic rings. The molecule has 3 aromatic rings. The maximum absolute atomic E-state index is 12.4. The Morgan fingerprint density at radius 2 is 1.96 bits per heavy atom. The Kier molecular flexibility index (Phi) is 4.77. The van der Waals surface area contributed by atoms with Gasteiger partial charge in [-0.15, -0.1) is 0 Å². The smallest absolute Gasteiger partial charge is 0.257 e. The van der Waals surface area contributed by atoms with E-state index in [9.17, 15) is 4.79 Å². The number of nitriles is 1. The molecule has 1 saturated heterocycles. The minimum absolute atomic E-state index is 0.0746. The molecule has 7 nitrogen and oxygen atoms in total. The largest absolute Gasteiger partial charge is 0.497 e. The molecule has 0 saturated carbocycles. The first-order chi connectivity index (χ1) is 13.7. The summed E-state index contributed by atoms with van der Waals surface area (Å²) in [7, 11) is 1.63. The molecule has 2 aromatic carbocycles. The van der Waals surface area contributed by atoms with Crippen LogP contribution in [0.5, 0.6) is 5.75 Å². The Morgan fingerprint density at radius 1 is 1.21 bits per heavy atom. The molecule has 140 valence electrons. The van der Waals surface area contributed by atoms with E-state index in [1.165, 1.54) is 0 Å². The van der Waals surface area contributed by atoms with E-state index in [0.717, 1.165) is 16.9 Å². The van der Waals surface area contributed by atoms with E-state index in [-0.39, 0.29) is 11.8 Å². The normalized spacial score (nSPS) is 16.2. The molecule has 1 fully saturated rings. The van der Waals surface area contributed by atoms with E-state index in [1.54, 1.807) is 31.4 Å². The molecule has 4 rings (SSSR count). The zero-order valence-electron chi connectivity index (χ0n) is 15.3. The molecule has 1 aromatic heterocycles. The predicted molar refractivity (Wildman–Crippen MR) is 100 cm³/mol. The lowest BCUT2D eigenvalue weighted by Crippen LogP contribution is -2.24. The van der Waals surface area contributed by atoms with Crippen molar-refractivity contribution in [1.29, 1.82) is 5.26 Å². The van der Waals surface area contributed by atoms with Crippen LogP contribution in [0, 0.1) is 11.3 Å². The number of rotatable bonds is 5. The van der Waals surface area contributed by atoms with Crippen LogP contribution in [-0.2, 0) is 11.3 Å². The van der Waals surface area contributed by atoms with Crippen LogP contribution in [0.2, 0.25) is 0 Å². The molecular weight excluding hydrogens is 356 g/mol. The highest BCUT2D eigenvalue weighted by atomic mass is 16.5. The van der Waals surface area contributed by atoms with Crippen LogP contribution in [-0.4, -0.2) is 34.6 Å². The number of ether oxygens (including phenoxy) is 1. The van der Waals surface area contributed by atoms with E-state index in [0.29, 0.717) is 36.8 Å². The zero-order valence-corrected chi connectivity index (χ0v) is 15.3. The van der Waals surface area contributed by atoms with Gasteiger partial charge in [0, 0.05) is 31.0 Å². The Balaban J connectivity index is 1.44. The number of aromatic nitrogens is 2. The van der Waals surface area contributed by atoms with Gasteiger partial charge in [-0.2, -0.15) is 10.2 Å². The van der Waals surface area contributed by atoms with Crippen molar-refractivity contribution in [1.82, 2.24) is 15.0 Å². The summed E-state index contributed by atoms with van der Waals surface area (Å²) in [4.78, 5) is 18.7. The number of carbonyl (C=O) groups excluding carboxylic acids is 1. The van der Waals surface area contributed by atoms with Crippen molar-refractivity contribution in [3.05, 3.63) is 65.5 Å². The van der Waals surface area contributed by atoms with E-state index >= 15 is 0 Å². The fourth-order valence-corrected chi connectivity index (χ4v) is 3.25. The van der Waals surface area contributed by atoms with Crippen molar-refractivity contribution in [2.45, 2.75) is 18.9 Å². The van der Waals surface area contributed by atoms with Crippen LogP contribution in [0.3, 0.4) is 0 Å². The standard InChI is InChI=1S/C21H18N4O3/c1-27-18-8-4-15(5-9-18)12-25-13-17(10-19(25)26)20-23-21(28-24-20)16-6-2-14(11-22)3-7-16/h2-9,17H,10,12-13H2,1H3. The Labute approximate surface area is 162 Å². The summed E-state index contributed by atoms with van der Waals surface area (Å²) in [6.45, 7) is 1.09. The van der Waals surface area contributed by atoms with Gasteiger partial charge >= 0.3 is 0 Å². The van der Waals surface area contributed by atoms with Crippen molar-refractivity contribution in [2.24, 2.45) is 0 Å². The number of benzene rings is 2. The third-order valence-corrected chi connectivity index (χ3v) is 4.81. The number of carbonyl (C=O) groups is 1. The summed E-state index contributed by atoms with van der Waals surface area (Å²) >= 11 is 0. The minimum Gasteiger partial charge on any atom is -0.497 e. The van der Waals surface area contributed by atoms with Crippen LogP contribution >= 0.6 is 0 Å². The van der Waals surface area contributed by atoms with Gasteiger partial charge in [-0.3, -0.25) is 4.79 Å². The van der Waals surface area contributed by atoms with E-state index in [1.807, 2.05) is 29.2 Å². The zero-order chi connectivity index (χ0) is 19.5. The lowest BCUT2D eigenvalue weighted by Gasteiger charge is -2.16. The third kappa shape index (κ3) is 3.58. The number of hydrogen-bond donors (Lipinski definition) is 0. The molecule has 1 atom stereocenters. The molecule has 28 heavy (non-hydrogen) atoms. The maximum atomic E-state index is 12.4. The van der Waals surface area contributed by atoms with Crippen molar-refractivity contribution >= 4 is 5.91 Å². The van der Waals surface area contributed by atoms with Crippen LogP contribution in [0.25, 0.3) is 11.5 Å². The fraction of sp³-hybridized carbons (Fsp3) is 0.238. The van der Waals surface area contributed by atoms with Crippen molar-refractivity contribution in [2.75, 3.05) is 13.7 Å². The minimum atomic E-state index is -0.0957. The molecule has 0 aliphatic carbocycles. The molecule has 1 amide bonds. The van der Waals surface area contributed by atoms with Gasteiger partial charge in [0.1, 0.15) is 5.75 Å². The molecule has 0 bridgehead atoms. The Bertz CT molecular complexity index is 1020. The van der Waals surface area contributed by atoms with Gasteiger partial charge in [0.2, 0.25) is 5.91 Å². The number of nitrogens with zero attached hydrogens (tertiary/aromatic N) is 4. The molecule has 1 unspecified atom stereocenters. The first-order valence-corrected chi connectivity index (χ1v) is 8.91. The summed E-state index contributed by atoms with van der Waals surface area (Å²) < 4.78 is 10.5. The summed E-state index contributed by atoms with van der Waals surface area (Å²) in [6, 6.07) is 16.7. The number of amides is 1. The van der Waals surface area contributed by atoms with Gasteiger partial charge in [0.05, 0.1) is 18.7 Å². The quantitative estimate of drug-likeness (QED) is 0.681. The van der Waals surface area contributed by atoms with E-state index in [2.05, 4.69) is 16.2 Å². The molecule has 7 heteroatoms.